The van der Waals surface area contributed by atoms with Crippen LogP contribution in [0.15, 0.2) is 47.4 Å². The topological polar surface area (TPSA) is 43.4 Å². The van der Waals surface area contributed by atoms with Gasteiger partial charge in [-0.1, -0.05) is 51.1 Å². The molecule has 0 spiro atoms. The SMILES string of the molecule is C=C1C[C@H]2[C@H](O[Si](C)(C)C(C)(C)C)CCC[C@@]2(S(=O)(=O)c2ccccc2)C1. The monoisotopic (exact) mass is 406 g/mol. The van der Waals surface area contributed by atoms with E-state index >= 15 is 0 Å². The van der Waals surface area contributed by atoms with Gasteiger partial charge < -0.3 is 4.43 Å². The van der Waals surface area contributed by atoms with Crippen LogP contribution in [-0.4, -0.2) is 27.6 Å². The van der Waals surface area contributed by atoms with Crippen LogP contribution in [0.5, 0.6) is 0 Å². The van der Waals surface area contributed by atoms with Crippen molar-refractivity contribution >= 4 is 18.2 Å². The fourth-order valence-corrected chi connectivity index (χ4v) is 8.45. The third-order valence-corrected chi connectivity index (χ3v) is 14.2. The van der Waals surface area contributed by atoms with Crippen LogP contribution in [0.1, 0.15) is 52.9 Å². The van der Waals surface area contributed by atoms with Gasteiger partial charge in [-0.25, -0.2) is 8.42 Å². The van der Waals surface area contributed by atoms with Crippen molar-refractivity contribution in [1.82, 2.24) is 0 Å². The van der Waals surface area contributed by atoms with E-state index in [0.29, 0.717) is 17.7 Å². The minimum Gasteiger partial charge on any atom is -0.414 e. The Morgan fingerprint density at radius 3 is 2.41 bits per heavy atom. The number of hydrogen-bond donors (Lipinski definition) is 0. The summed E-state index contributed by atoms with van der Waals surface area (Å²) in [5, 5.41) is 0.112. The second-order valence-corrected chi connectivity index (χ2v) is 17.0. The second kappa shape index (κ2) is 6.85. The minimum absolute atomic E-state index is 0.0115. The van der Waals surface area contributed by atoms with Gasteiger partial charge in [0.2, 0.25) is 0 Å². The van der Waals surface area contributed by atoms with E-state index in [9.17, 15) is 8.42 Å². The highest BCUT2D eigenvalue weighted by atomic mass is 32.2. The summed E-state index contributed by atoms with van der Waals surface area (Å²) in [7, 11) is -5.41. The average molecular weight is 407 g/mol. The highest BCUT2D eigenvalue weighted by molar-refractivity contribution is 7.92. The number of benzene rings is 1. The van der Waals surface area contributed by atoms with E-state index in [4.69, 9.17) is 4.43 Å². The molecule has 0 N–H and O–H groups in total. The van der Waals surface area contributed by atoms with Crippen LogP contribution >= 0.6 is 0 Å². The molecule has 1 aromatic rings. The fourth-order valence-electron chi connectivity index (χ4n) is 4.63. The van der Waals surface area contributed by atoms with E-state index in [0.717, 1.165) is 24.8 Å². The maximum Gasteiger partial charge on any atom is 0.192 e. The van der Waals surface area contributed by atoms with Crippen LogP contribution in [0.2, 0.25) is 18.1 Å². The van der Waals surface area contributed by atoms with E-state index in [1.165, 1.54) is 0 Å². The number of sulfone groups is 1. The van der Waals surface area contributed by atoms with Crippen LogP contribution in [-0.2, 0) is 14.3 Å². The smallest absolute Gasteiger partial charge is 0.192 e. The lowest BCUT2D eigenvalue weighted by Gasteiger charge is -2.47. The Morgan fingerprint density at radius 1 is 1.19 bits per heavy atom. The van der Waals surface area contributed by atoms with Crippen LogP contribution in [0, 0.1) is 5.92 Å². The van der Waals surface area contributed by atoms with Gasteiger partial charge in [0.05, 0.1) is 9.64 Å². The van der Waals surface area contributed by atoms with E-state index in [1.807, 2.05) is 18.2 Å². The molecule has 150 valence electrons. The van der Waals surface area contributed by atoms with Crippen LogP contribution in [0.3, 0.4) is 0 Å². The molecular formula is C22H34O3SSi. The second-order valence-electron chi connectivity index (χ2n) is 9.93. The molecule has 0 aliphatic heterocycles. The summed E-state index contributed by atoms with van der Waals surface area (Å²) in [5.41, 5.74) is 1.06. The molecule has 3 nitrogen and oxygen atoms in total. The Hall–Kier alpha value is -0.913. The number of hydrogen-bond acceptors (Lipinski definition) is 3. The van der Waals surface area contributed by atoms with Gasteiger partial charge in [0.1, 0.15) is 0 Å². The molecule has 5 heteroatoms. The van der Waals surface area contributed by atoms with Gasteiger partial charge in [0.25, 0.3) is 0 Å². The molecule has 2 fully saturated rings. The van der Waals surface area contributed by atoms with Crippen molar-refractivity contribution < 1.29 is 12.8 Å². The van der Waals surface area contributed by atoms with Crippen molar-refractivity contribution in [1.29, 1.82) is 0 Å². The standard InChI is InChI=1S/C22H34O3SSi/c1-17-15-19-20(25-27(5,6)21(2,3)4)13-10-14-22(19,16-17)26(23,24)18-11-8-7-9-12-18/h7-9,11-12,19-20H,1,10,13-16H2,2-6H3/t19-,20+,22+/m0/s1. The Labute approximate surface area is 166 Å². The molecule has 2 aliphatic rings. The largest absolute Gasteiger partial charge is 0.414 e. The zero-order valence-corrected chi connectivity index (χ0v) is 19.2. The van der Waals surface area contributed by atoms with Gasteiger partial charge in [0.15, 0.2) is 18.2 Å². The summed E-state index contributed by atoms with van der Waals surface area (Å²) in [5.74, 6) is 0.0121. The Balaban J connectivity index is 2.01. The molecule has 2 aliphatic carbocycles. The Bertz CT molecular complexity index is 808. The Kier molecular flexibility index (Phi) is 5.28. The number of fused-ring (bicyclic) bond motifs is 1. The van der Waals surface area contributed by atoms with Crippen molar-refractivity contribution in [2.24, 2.45) is 5.92 Å². The maximum atomic E-state index is 13.8. The van der Waals surface area contributed by atoms with Crippen molar-refractivity contribution in [2.75, 3.05) is 0 Å². The summed E-state index contributed by atoms with van der Waals surface area (Å²) in [6, 6.07) is 8.97. The van der Waals surface area contributed by atoms with Gasteiger partial charge in [-0.3, -0.25) is 0 Å². The molecule has 0 saturated heterocycles. The zero-order valence-electron chi connectivity index (χ0n) is 17.4. The first-order valence-electron chi connectivity index (χ1n) is 10.0. The number of rotatable bonds is 4. The highest BCUT2D eigenvalue weighted by Crippen LogP contribution is 2.55. The van der Waals surface area contributed by atoms with E-state index < -0.39 is 22.9 Å². The first kappa shape index (κ1) is 20.8. The van der Waals surface area contributed by atoms with Gasteiger partial charge in [-0.2, -0.15) is 0 Å². The Morgan fingerprint density at radius 2 is 1.81 bits per heavy atom. The van der Waals surface area contributed by atoms with Gasteiger partial charge in [0, 0.05) is 12.0 Å². The van der Waals surface area contributed by atoms with Crippen LogP contribution < -0.4 is 0 Å². The molecule has 3 atom stereocenters. The van der Waals surface area contributed by atoms with Crippen molar-refractivity contribution in [2.45, 2.75) is 86.8 Å². The molecule has 3 rings (SSSR count). The summed E-state index contributed by atoms with van der Waals surface area (Å²) in [6.45, 7) is 15.4. The molecule has 0 amide bonds. The first-order valence-corrected chi connectivity index (χ1v) is 14.4. The third kappa shape index (κ3) is 3.47. The summed E-state index contributed by atoms with van der Waals surface area (Å²) in [4.78, 5) is 0.442. The summed E-state index contributed by atoms with van der Waals surface area (Å²) < 4.78 is 33.6. The van der Waals surface area contributed by atoms with E-state index in [2.05, 4.69) is 40.4 Å². The molecule has 0 unspecified atom stereocenters. The molecule has 0 bridgehead atoms. The first-order chi connectivity index (χ1) is 12.4. The normalized spacial score (nSPS) is 29.6. The lowest BCUT2D eigenvalue weighted by Crippen LogP contribution is -2.54. The fraction of sp³-hybridized carbons (Fsp3) is 0.636. The highest BCUT2D eigenvalue weighted by Gasteiger charge is 2.59. The van der Waals surface area contributed by atoms with Crippen molar-refractivity contribution in [3.05, 3.63) is 42.5 Å². The van der Waals surface area contributed by atoms with Gasteiger partial charge >= 0.3 is 0 Å². The molecule has 0 radical (unpaired) electrons. The van der Waals surface area contributed by atoms with Crippen LogP contribution in [0.25, 0.3) is 0 Å². The average Bonchev–Trinajstić information content (AvgIpc) is 2.93. The quantitative estimate of drug-likeness (QED) is 0.473. The van der Waals surface area contributed by atoms with Crippen LogP contribution in [0.4, 0.5) is 0 Å². The number of allylic oxidation sites excluding steroid dienone is 1. The lowest BCUT2D eigenvalue weighted by molar-refractivity contribution is 0.0659. The molecule has 27 heavy (non-hydrogen) atoms. The van der Waals surface area contributed by atoms with Gasteiger partial charge in [-0.15, -0.1) is 0 Å². The molecule has 0 heterocycles. The maximum absolute atomic E-state index is 13.8. The summed E-state index contributed by atoms with van der Waals surface area (Å²) in [6.07, 6.45) is 3.92. The molecule has 1 aromatic carbocycles. The lowest BCUT2D eigenvalue weighted by atomic mass is 9.79. The predicted molar refractivity (Wildman–Crippen MR) is 114 cm³/mol. The van der Waals surface area contributed by atoms with E-state index in [-0.39, 0.29) is 17.1 Å². The third-order valence-electron chi connectivity index (χ3n) is 7.11. The zero-order chi connectivity index (χ0) is 20.1. The molecule has 0 aromatic heterocycles. The minimum atomic E-state index is -3.44. The van der Waals surface area contributed by atoms with Crippen molar-refractivity contribution in [3.63, 3.8) is 0 Å². The summed E-state index contributed by atoms with van der Waals surface area (Å²) >= 11 is 0. The molecule has 2 saturated carbocycles. The molecular weight excluding hydrogens is 372 g/mol. The predicted octanol–water partition coefficient (Wildman–Crippen LogP) is 5.74. The van der Waals surface area contributed by atoms with Gasteiger partial charge in [-0.05, 0) is 62.4 Å². The van der Waals surface area contributed by atoms with E-state index in [1.54, 1.807) is 12.1 Å². The van der Waals surface area contributed by atoms with Crippen molar-refractivity contribution in [3.8, 4) is 0 Å².